The molecular weight excluding hydrogens is 262 g/mol. The van der Waals surface area contributed by atoms with Crippen LogP contribution >= 0.6 is 0 Å². The van der Waals surface area contributed by atoms with Gasteiger partial charge in [0.05, 0.1) is 6.54 Å². The van der Waals surface area contributed by atoms with E-state index in [1.165, 1.54) is 5.56 Å². The van der Waals surface area contributed by atoms with Crippen LogP contribution in [0.5, 0.6) is 0 Å². The van der Waals surface area contributed by atoms with Gasteiger partial charge >= 0.3 is 0 Å². The Morgan fingerprint density at radius 3 is 2.67 bits per heavy atom. The smallest absolute Gasteiger partial charge is 0.203 e. The molecule has 0 amide bonds. The molecule has 2 rings (SSSR count). The molecule has 2 aromatic rings. The number of nitriles is 1. The van der Waals surface area contributed by atoms with Gasteiger partial charge in [-0.05, 0) is 42.9 Å². The van der Waals surface area contributed by atoms with Crippen LogP contribution in [0.4, 0.5) is 5.69 Å². The van der Waals surface area contributed by atoms with Crippen molar-refractivity contribution in [2.75, 3.05) is 18.4 Å². The Morgan fingerprint density at radius 1 is 1.19 bits per heavy atom. The van der Waals surface area contributed by atoms with Gasteiger partial charge in [0.2, 0.25) is 5.76 Å². The minimum Gasteiger partial charge on any atom is -0.449 e. The molecule has 21 heavy (non-hydrogen) atoms. The highest BCUT2D eigenvalue weighted by atomic mass is 16.3. The van der Waals surface area contributed by atoms with Gasteiger partial charge in [-0.25, -0.2) is 0 Å². The van der Waals surface area contributed by atoms with Gasteiger partial charge in [0.1, 0.15) is 11.8 Å². The van der Waals surface area contributed by atoms with Crippen molar-refractivity contribution in [1.29, 1.82) is 5.26 Å². The van der Waals surface area contributed by atoms with Crippen molar-refractivity contribution in [2.45, 2.75) is 26.9 Å². The summed E-state index contributed by atoms with van der Waals surface area (Å²) in [7, 11) is 0. The lowest BCUT2D eigenvalue weighted by Gasteiger charge is -2.18. The second-order valence-electron chi connectivity index (χ2n) is 4.89. The zero-order chi connectivity index (χ0) is 15.1. The van der Waals surface area contributed by atoms with Crippen LogP contribution in [-0.2, 0) is 13.1 Å². The van der Waals surface area contributed by atoms with Crippen molar-refractivity contribution < 1.29 is 4.42 Å². The topological polar surface area (TPSA) is 52.2 Å². The monoisotopic (exact) mass is 283 g/mol. The zero-order valence-corrected chi connectivity index (χ0v) is 12.6. The number of benzene rings is 1. The van der Waals surface area contributed by atoms with Gasteiger partial charge in [0, 0.05) is 12.2 Å². The summed E-state index contributed by atoms with van der Waals surface area (Å²) in [5.41, 5.74) is 2.36. The van der Waals surface area contributed by atoms with Gasteiger partial charge in [-0.3, -0.25) is 4.90 Å². The van der Waals surface area contributed by atoms with E-state index in [-0.39, 0.29) is 0 Å². The summed E-state index contributed by atoms with van der Waals surface area (Å²) in [6.45, 7) is 8.00. The van der Waals surface area contributed by atoms with Crippen LogP contribution in [0.2, 0.25) is 0 Å². The first-order valence-electron chi connectivity index (χ1n) is 7.29. The molecule has 0 saturated heterocycles. The molecule has 0 radical (unpaired) electrons. The minimum atomic E-state index is 0.349. The van der Waals surface area contributed by atoms with Crippen LogP contribution < -0.4 is 5.32 Å². The van der Waals surface area contributed by atoms with E-state index in [4.69, 9.17) is 9.68 Å². The Hall–Kier alpha value is -2.25. The summed E-state index contributed by atoms with van der Waals surface area (Å²) in [6, 6.07) is 13.9. The Balaban J connectivity index is 1.96. The van der Waals surface area contributed by atoms with E-state index in [9.17, 15) is 0 Å². The van der Waals surface area contributed by atoms with Crippen LogP contribution in [-0.4, -0.2) is 18.0 Å². The average molecular weight is 283 g/mol. The van der Waals surface area contributed by atoms with Crippen LogP contribution in [0, 0.1) is 11.3 Å². The third-order valence-electron chi connectivity index (χ3n) is 3.47. The Labute approximate surface area is 126 Å². The van der Waals surface area contributed by atoms with E-state index < -0.39 is 0 Å². The molecule has 1 aromatic carbocycles. The van der Waals surface area contributed by atoms with E-state index >= 15 is 0 Å². The van der Waals surface area contributed by atoms with Gasteiger partial charge < -0.3 is 9.73 Å². The third kappa shape index (κ3) is 4.37. The fraction of sp³-hybridized carbons (Fsp3) is 0.353. The quantitative estimate of drug-likeness (QED) is 0.843. The van der Waals surface area contributed by atoms with Crippen LogP contribution in [0.15, 0.2) is 40.8 Å². The standard InChI is InChI=1S/C17H21N3O/c1-3-20(4-2)13-14-6-5-7-15(10-14)19-12-17-9-8-16(11-18)21-17/h5-10,19H,3-4,12-13H2,1-2H3. The van der Waals surface area contributed by atoms with Crippen molar-refractivity contribution >= 4 is 5.69 Å². The molecule has 0 spiro atoms. The summed E-state index contributed by atoms with van der Waals surface area (Å²) in [5.74, 6) is 1.11. The molecule has 0 aliphatic carbocycles. The highest BCUT2D eigenvalue weighted by molar-refractivity contribution is 5.46. The second-order valence-corrected chi connectivity index (χ2v) is 4.89. The van der Waals surface area contributed by atoms with Gasteiger partial charge in [-0.15, -0.1) is 0 Å². The van der Waals surface area contributed by atoms with Gasteiger partial charge in [0.15, 0.2) is 0 Å². The maximum absolute atomic E-state index is 8.73. The lowest BCUT2D eigenvalue weighted by atomic mass is 10.2. The van der Waals surface area contributed by atoms with Gasteiger partial charge in [-0.2, -0.15) is 5.26 Å². The van der Waals surface area contributed by atoms with Crippen molar-refractivity contribution in [1.82, 2.24) is 4.90 Å². The summed E-state index contributed by atoms with van der Waals surface area (Å²) < 4.78 is 5.35. The first-order chi connectivity index (χ1) is 10.2. The van der Waals surface area contributed by atoms with Crippen LogP contribution in [0.25, 0.3) is 0 Å². The Kier molecular flexibility index (Phi) is 5.42. The van der Waals surface area contributed by atoms with Crippen molar-refractivity contribution in [3.8, 4) is 6.07 Å². The van der Waals surface area contributed by atoms with Crippen molar-refractivity contribution in [2.24, 2.45) is 0 Å². The fourth-order valence-corrected chi connectivity index (χ4v) is 2.21. The summed E-state index contributed by atoms with van der Waals surface area (Å²) in [5, 5.41) is 12.1. The zero-order valence-electron chi connectivity index (χ0n) is 12.6. The fourth-order valence-electron chi connectivity index (χ4n) is 2.21. The molecule has 0 atom stereocenters. The molecule has 0 aliphatic heterocycles. The highest BCUT2D eigenvalue weighted by Crippen LogP contribution is 2.15. The van der Waals surface area contributed by atoms with E-state index in [2.05, 4.69) is 42.3 Å². The number of nitrogens with one attached hydrogen (secondary N) is 1. The second kappa shape index (κ2) is 7.51. The molecule has 0 bridgehead atoms. The molecule has 0 aliphatic rings. The maximum Gasteiger partial charge on any atom is 0.203 e. The van der Waals surface area contributed by atoms with E-state index in [1.807, 2.05) is 18.2 Å². The molecule has 1 aromatic heterocycles. The normalized spacial score (nSPS) is 10.6. The largest absolute Gasteiger partial charge is 0.449 e. The minimum absolute atomic E-state index is 0.349. The Bertz CT molecular complexity index is 608. The molecule has 0 saturated carbocycles. The van der Waals surface area contributed by atoms with Crippen molar-refractivity contribution in [3.05, 3.63) is 53.5 Å². The van der Waals surface area contributed by atoms with E-state index in [0.717, 1.165) is 31.1 Å². The SMILES string of the molecule is CCN(CC)Cc1cccc(NCc2ccc(C#N)o2)c1. The summed E-state index contributed by atoms with van der Waals surface area (Å²) in [6.07, 6.45) is 0. The van der Waals surface area contributed by atoms with E-state index in [1.54, 1.807) is 6.07 Å². The first kappa shape index (κ1) is 15.1. The molecular formula is C17H21N3O. The van der Waals surface area contributed by atoms with E-state index in [0.29, 0.717) is 12.3 Å². The maximum atomic E-state index is 8.73. The predicted molar refractivity (Wildman–Crippen MR) is 83.8 cm³/mol. The lowest BCUT2D eigenvalue weighted by Crippen LogP contribution is -2.22. The van der Waals surface area contributed by atoms with Crippen molar-refractivity contribution in [3.63, 3.8) is 0 Å². The average Bonchev–Trinajstić information content (AvgIpc) is 2.99. The molecule has 1 N–H and O–H groups in total. The number of furan rings is 1. The van der Waals surface area contributed by atoms with Crippen LogP contribution in [0.3, 0.4) is 0 Å². The highest BCUT2D eigenvalue weighted by Gasteiger charge is 2.03. The molecule has 0 unspecified atom stereocenters. The van der Waals surface area contributed by atoms with Gasteiger partial charge in [-0.1, -0.05) is 26.0 Å². The number of nitrogens with zero attached hydrogens (tertiary/aromatic N) is 2. The number of hydrogen-bond acceptors (Lipinski definition) is 4. The molecule has 1 heterocycles. The molecule has 0 fully saturated rings. The third-order valence-corrected chi connectivity index (χ3v) is 3.47. The number of hydrogen-bond donors (Lipinski definition) is 1. The summed E-state index contributed by atoms with van der Waals surface area (Å²) >= 11 is 0. The number of anilines is 1. The first-order valence-corrected chi connectivity index (χ1v) is 7.29. The Morgan fingerprint density at radius 2 is 2.00 bits per heavy atom. The molecule has 110 valence electrons. The molecule has 4 nitrogen and oxygen atoms in total. The van der Waals surface area contributed by atoms with Gasteiger partial charge in [0.25, 0.3) is 0 Å². The predicted octanol–water partition coefficient (Wildman–Crippen LogP) is 3.61. The summed E-state index contributed by atoms with van der Waals surface area (Å²) in [4.78, 5) is 2.38. The van der Waals surface area contributed by atoms with Crippen LogP contribution in [0.1, 0.15) is 30.9 Å². The lowest BCUT2D eigenvalue weighted by molar-refractivity contribution is 0.296. The molecule has 4 heteroatoms. The number of rotatable bonds is 7.